The minimum atomic E-state index is -0.386. The van der Waals surface area contributed by atoms with E-state index < -0.39 is 0 Å². The highest BCUT2D eigenvalue weighted by atomic mass is 35.5. The van der Waals surface area contributed by atoms with Gasteiger partial charge in [-0.05, 0) is 25.3 Å². The van der Waals surface area contributed by atoms with Gasteiger partial charge in [-0.25, -0.2) is 0 Å². The number of nitrogens with one attached hydrogen (secondary N) is 1. The lowest BCUT2D eigenvalue weighted by Gasteiger charge is -2.41. The fourth-order valence-electron chi connectivity index (χ4n) is 3.39. The lowest BCUT2D eigenvalue weighted by molar-refractivity contribution is -0.142. The van der Waals surface area contributed by atoms with Crippen molar-refractivity contribution >= 4 is 18.3 Å². The number of piperazine rings is 1. The molecule has 3 rings (SSSR count). The first-order chi connectivity index (χ1) is 10.2. The smallest absolute Gasteiger partial charge is 0.233 e. The topological polar surface area (TPSA) is 41.6 Å². The molecule has 2 fully saturated rings. The van der Waals surface area contributed by atoms with E-state index in [0.717, 1.165) is 44.6 Å². The Balaban J connectivity index is 0.00000176. The van der Waals surface area contributed by atoms with E-state index in [1.807, 2.05) is 4.90 Å². The van der Waals surface area contributed by atoms with Crippen LogP contribution in [0.15, 0.2) is 24.3 Å². The molecular formula is C17H25ClN2O2. The van der Waals surface area contributed by atoms with Crippen LogP contribution in [0.25, 0.3) is 0 Å². The van der Waals surface area contributed by atoms with Crippen LogP contribution < -0.4 is 5.32 Å². The van der Waals surface area contributed by atoms with Crippen molar-refractivity contribution in [1.29, 1.82) is 0 Å². The molecule has 0 unspecified atom stereocenters. The van der Waals surface area contributed by atoms with E-state index in [4.69, 9.17) is 4.74 Å². The number of halogens is 1. The summed E-state index contributed by atoms with van der Waals surface area (Å²) in [6, 6.07) is 8.47. The molecule has 1 amide bonds. The van der Waals surface area contributed by atoms with Crippen molar-refractivity contribution in [2.75, 3.05) is 39.4 Å². The average Bonchev–Trinajstić information content (AvgIpc) is 2.56. The Bertz CT molecular complexity index is 492. The Morgan fingerprint density at radius 1 is 1.14 bits per heavy atom. The minimum absolute atomic E-state index is 0. The van der Waals surface area contributed by atoms with Crippen molar-refractivity contribution in [2.45, 2.75) is 25.2 Å². The molecule has 1 aromatic carbocycles. The molecule has 0 aliphatic carbocycles. The van der Waals surface area contributed by atoms with Crippen molar-refractivity contribution in [2.24, 2.45) is 0 Å². The maximum Gasteiger partial charge on any atom is 0.233 e. The van der Waals surface area contributed by atoms with Crippen LogP contribution in [-0.4, -0.2) is 50.2 Å². The van der Waals surface area contributed by atoms with Gasteiger partial charge in [0, 0.05) is 39.4 Å². The van der Waals surface area contributed by atoms with E-state index in [-0.39, 0.29) is 23.7 Å². The predicted octanol–water partition coefficient (Wildman–Crippen LogP) is 1.90. The molecule has 4 nitrogen and oxygen atoms in total. The van der Waals surface area contributed by atoms with E-state index in [9.17, 15) is 4.79 Å². The van der Waals surface area contributed by atoms with Crippen LogP contribution in [0.4, 0.5) is 0 Å². The first-order valence-corrected chi connectivity index (χ1v) is 7.87. The van der Waals surface area contributed by atoms with Gasteiger partial charge in [0.15, 0.2) is 0 Å². The summed E-state index contributed by atoms with van der Waals surface area (Å²) in [6.45, 7) is 6.84. The zero-order chi connectivity index (χ0) is 14.7. The standard InChI is InChI=1S/C17H24N2O2.ClH/c1-14-2-4-15(5-3-14)17(6-12-21-13-7-17)16(20)19-10-8-18-9-11-19;/h2-5,18H,6-13H2,1H3;1H. The molecule has 1 aromatic rings. The Morgan fingerprint density at radius 2 is 1.73 bits per heavy atom. The highest BCUT2D eigenvalue weighted by molar-refractivity contribution is 5.88. The summed E-state index contributed by atoms with van der Waals surface area (Å²) < 4.78 is 5.52. The molecular weight excluding hydrogens is 300 g/mol. The lowest BCUT2D eigenvalue weighted by Crippen LogP contribution is -2.55. The van der Waals surface area contributed by atoms with Crippen LogP contribution in [0.1, 0.15) is 24.0 Å². The van der Waals surface area contributed by atoms with Crippen LogP contribution in [0.5, 0.6) is 0 Å². The van der Waals surface area contributed by atoms with Gasteiger partial charge in [-0.3, -0.25) is 4.79 Å². The highest BCUT2D eigenvalue weighted by Crippen LogP contribution is 2.37. The zero-order valence-electron chi connectivity index (χ0n) is 13.1. The molecule has 0 aromatic heterocycles. The van der Waals surface area contributed by atoms with Crippen molar-refractivity contribution in [3.05, 3.63) is 35.4 Å². The maximum atomic E-state index is 13.2. The van der Waals surface area contributed by atoms with Gasteiger partial charge in [-0.15, -0.1) is 12.4 Å². The van der Waals surface area contributed by atoms with Gasteiger partial charge in [0.1, 0.15) is 0 Å². The van der Waals surface area contributed by atoms with E-state index in [1.54, 1.807) is 0 Å². The number of ether oxygens (including phenoxy) is 1. The summed E-state index contributed by atoms with van der Waals surface area (Å²) in [5.74, 6) is 0.288. The van der Waals surface area contributed by atoms with Crippen LogP contribution >= 0.6 is 12.4 Å². The number of carbonyl (C=O) groups is 1. The molecule has 2 aliphatic heterocycles. The third-order valence-corrected chi connectivity index (χ3v) is 4.76. The zero-order valence-corrected chi connectivity index (χ0v) is 14.0. The minimum Gasteiger partial charge on any atom is -0.381 e. The molecule has 1 N–H and O–H groups in total. The number of carbonyl (C=O) groups excluding carboxylic acids is 1. The summed E-state index contributed by atoms with van der Waals surface area (Å²) in [6.07, 6.45) is 1.58. The Morgan fingerprint density at radius 3 is 2.32 bits per heavy atom. The number of aryl methyl sites for hydroxylation is 1. The molecule has 0 saturated carbocycles. The molecule has 0 atom stereocenters. The van der Waals surface area contributed by atoms with Gasteiger partial charge >= 0.3 is 0 Å². The lowest BCUT2D eigenvalue weighted by atomic mass is 9.72. The van der Waals surface area contributed by atoms with E-state index in [0.29, 0.717) is 13.2 Å². The summed E-state index contributed by atoms with van der Waals surface area (Å²) >= 11 is 0. The van der Waals surface area contributed by atoms with E-state index >= 15 is 0 Å². The summed E-state index contributed by atoms with van der Waals surface area (Å²) in [5.41, 5.74) is 2.00. The third kappa shape index (κ3) is 3.29. The Labute approximate surface area is 138 Å². The molecule has 2 aliphatic rings. The second-order valence-electron chi connectivity index (χ2n) is 6.10. The summed E-state index contributed by atoms with van der Waals surface area (Å²) in [5, 5.41) is 3.31. The van der Waals surface area contributed by atoms with Gasteiger partial charge in [-0.1, -0.05) is 29.8 Å². The van der Waals surface area contributed by atoms with Crippen molar-refractivity contribution in [3.8, 4) is 0 Å². The van der Waals surface area contributed by atoms with Crippen molar-refractivity contribution < 1.29 is 9.53 Å². The van der Waals surface area contributed by atoms with E-state index in [1.165, 1.54) is 5.56 Å². The van der Waals surface area contributed by atoms with Crippen molar-refractivity contribution in [1.82, 2.24) is 10.2 Å². The van der Waals surface area contributed by atoms with Gasteiger partial charge in [0.25, 0.3) is 0 Å². The number of nitrogens with zero attached hydrogens (tertiary/aromatic N) is 1. The fourth-order valence-corrected chi connectivity index (χ4v) is 3.39. The van der Waals surface area contributed by atoms with Crippen LogP contribution in [-0.2, 0) is 14.9 Å². The first-order valence-electron chi connectivity index (χ1n) is 7.87. The Hall–Kier alpha value is -1.10. The number of hydrogen-bond donors (Lipinski definition) is 1. The van der Waals surface area contributed by atoms with Gasteiger partial charge < -0.3 is 15.0 Å². The highest BCUT2D eigenvalue weighted by Gasteiger charge is 2.44. The largest absolute Gasteiger partial charge is 0.381 e. The molecule has 22 heavy (non-hydrogen) atoms. The quantitative estimate of drug-likeness (QED) is 0.903. The average molecular weight is 325 g/mol. The monoisotopic (exact) mass is 324 g/mol. The van der Waals surface area contributed by atoms with Crippen LogP contribution in [0.3, 0.4) is 0 Å². The predicted molar refractivity (Wildman–Crippen MR) is 89.6 cm³/mol. The third-order valence-electron chi connectivity index (χ3n) is 4.76. The van der Waals surface area contributed by atoms with Gasteiger partial charge in [0.05, 0.1) is 5.41 Å². The summed E-state index contributed by atoms with van der Waals surface area (Å²) in [7, 11) is 0. The second kappa shape index (κ2) is 7.44. The van der Waals surface area contributed by atoms with Gasteiger partial charge in [-0.2, -0.15) is 0 Å². The fraction of sp³-hybridized carbons (Fsp3) is 0.588. The molecule has 0 radical (unpaired) electrons. The number of hydrogen-bond acceptors (Lipinski definition) is 3. The van der Waals surface area contributed by atoms with Crippen molar-refractivity contribution in [3.63, 3.8) is 0 Å². The Kier molecular flexibility index (Phi) is 5.84. The van der Waals surface area contributed by atoms with Gasteiger partial charge in [0.2, 0.25) is 5.91 Å². The van der Waals surface area contributed by atoms with Crippen LogP contribution in [0.2, 0.25) is 0 Å². The molecule has 0 bridgehead atoms. The molecule has 122 valence electrons. The molecule has 0 spiro atoms. The molecule has 2 saturated heterocycles. The SMILES string of the molecule is Cc1ccc(C2(C(=O)N3CCNCC3)CCOCC2)cc1.Cl. The number of benzene rings is 1. The maximum absolute atomic E-state index is 13.2. The van der Waals surface area contributed by atoms with Crippen LogP contribution in [0, 0.1) is 6.92 Å². The number of amides is 1. The first kappa shape index (κ1) is 17.3. The molecule has 5 heteroatoms. The normalized spacial score (nSPS) is 21.0. The summed E-state index contributed by atoms with van der Waals surface area (Å²) in [4.78, 5) is 15.2. The van der Waals surface area contributed by atoms with E-state index in [2.05, 4.69) is 36.5 Å². The number of rotatable bonds is 2. The molecule has 2 heterocycles. The second-order valence-corrected chi connectivity index (χ2v) is 6.10.